The molecule has 0 saturated carbocycles. The second-order valence-electron chi connectivity index (χ2n) is 3.22. The molecule has 2 aromatic rings. The predicted octanol–water partition coefficient (Wildman–Crippen LogP) is 1.67. The van der Waals surface area contributed by atoms with Crippen LogP contribution in [0.15, 0.2) is 36.7 Å². The van der Waals surface area contributed by atoms with Crippen molar-refractivity contribution in [2.45, 2.75) is 13.5 Å². The van der Waals surface area contributed by atoms with Gasteiger partial charge in [0.1, 0.15) is 0 Å². The summed E-state index contributed by atoms with van der Waals surface area (Å²) >= 11 is 0. The minimum absolute atomic E-state index is 0.0704. The van der Waals surface area contributed by atoms with E-state index in [0.29, 0.717) is 0 Å². The van der Waals surface area contributed by atoms with Gasteiger partial charge >= 0.3 is 0 Å². The van der Waals surface area contributed by atoms with Crippen LogP contribution in [-0.4, -0.2) is 14.9 Å². The van der Waals surface area contributed by atoms with Crippen molar-refractivity contribution in [3.63, 3.8) is 0 Å². The molecule has 0 spiro atoms. The number of aliphatic hydroxyl groups is 1. The van der Waals surface area contributed by atoms with E-state index in [1.165, 1.54) is 0 Å². The fourth-order valence-electron chi connectivity index (χ4n) is 1.39. The molecule has 72 valence electrons. The number of hydrogen-bond donors (Lipinski definition) is 1. The van der Waals surface area contributed by atoms with Crippen LogP contribution in [0.5, 0.6) is 0 Å². The molecule has 0 unspecified atom stereocenters. The van der Waals surface area contributed by atoms with Crippen molar-refractivity contribution >= 4 is 0 Å². The highest BCUT2D eigenvalue weighted by atomic mass is 16.3. The van der Waals surface area contributed by atoms with Crippen LogP contribution in [0.25, 0.3) is 5.69 Å². The van der Waals surface area contributed by atoms with E-state index in [0.717, 1.165) is 16.8 Å². The van der Waals surface area contributed by atoms with Gasteiger partial charge in [-0.1, -0.05) is 6.07 Å². The number of aryl methyl sites for hydroxylation is 1. The summed E-state index contributed by atoms with van der Waals surface area (Å²) in [5.74, 6) is 0. The summed E-state index contributed by atoms with van der Waals surface area (Å²) in [5, 5.41) is 13.2. The third kappa shape index (κ3) is 1.54. The van der Waals surface area contributed by atoms with Crippen molar-refractivity contribution in [2.24, 2.45) is 0 Å². The Bertz CT molecular complexity index is 421. The second kappa shape index (κ2) is 3.64. The minimum atomic E-state index is 0.0704. The van der Waals surface area contributed by atoms with E-state index in [-0.39, 0.29) is 6.61 Å². The van der Waals surface area contributed by atoms with Crippen LogP contribution < -0.4 is 0 Å². The van der Waals surface area contributed by atoms with Gasteiger partial charge in [0.05, 0.1) is 12.3 Å². The molecule has 0 aliphatic rings. The molecule has 1 aromatic carbocycles. The van der Waals surface area contributed by atoms with Crippen LogP contribution >= 0.6 is 0 Å². The van der Waals surface area contributed by atoms with Crippen LogP contribution in [0.2, 0.25) is 0 Å². The van der Waals surface area contributed by atoms with E-state index in [9.17, 15) is 0 Å². The lowest BCUT2D eigenvalue weighted by atomic mass is 10.1. The van der Waals surface area contributed by atoms with Crippen molar-refractivity contribution < 1.29 is 5.11 Å². The van der Waals surface area contributed by atoms with Gasteiger partial charge < -0.3 is 5.11 Å². The van der Waals surface area contributed by atoms with Gasteiger partial charge in [0.15, 0.2) is 0 Å². The van der Waals surface area contributed by atoms with E-state index in [1.54, 1.807) is 10.9 Å². The number of aliphatic hydroxyl groups excluding tert-OH is 1. The summed E-state index contributed by atoms with van der Waals surface area (Å²) in [6, 6.07) is 7.80. The van der Waals surface area contributed by atoms with E-state index in [2.05, 4.69) is 5.10 Å². The molecule has 0 radical (unpaired) electrons. The molecule has 1 aromatic heterocycles. The topological polar surface area (TPSA) is 38.0 Å². The average Bonchev–Trinajstić information content (AvgIpc) is 2.71. The van der Waals surface area contributed by atoms with Crippen molar-refractivity contribution in [1.29, 1.82) is 0 Å². The summed E-state index contributed by atoms with van der Waals surface area (Å²) in [6.45, 7) is 2.05. The molecule has 1 heterocycles. The summed E-state index contributed by atoms with van der Waals surface area (Å²) in [4.78, 5) is 0. The van der Waals surface area contributed by atoms with Crippen molar-refractivity contribution in [3.8, 4) is 5.69 Å². The highest BCUT2D eigenvalue weighted by molar-refractivity contribution is 5.39. The van der Waals surface area contributed by atoms with E-state index in [4.69, 9.17) is 5.11 Å². The standard InChI is InChI=1S/C11H12N2O/c1-9-3-4-11(7-10(9)8-14)13-6-2-5-12-13/h2-7,14H,8H2,1H3. The Labute approximate surface area is 82.6 Å². The third-order valence-electron chi connectivity index (χ3n) is 2.27. The molecular weight excluding hydrogens is 176 g/mol. The maximum Gasteiger partial charge on any atom is 0.0685 e. The number of benzene rings is 1. The van der Waals surface area contributed by atoms with E-state index in [1.807, 2.05) is 37.4 Å². The van der Waals surface area contributed by atoms with Gasteiger partial charge in [-0.15, -0.1) is 0 Å². The molecule has 14 heavy (non-hydrogen) atoms. The lowest BCUT2D eigenvalue weighted by molar-refractivity contribution is 0.281. The Kier molecular flexibility index (Phi) is 2.33. The molecule has 0 atom stereocenters. The van der Waals surface area contributed by atoms with Gasteiger partial charge in [0.2, 0.25) is 0 Å². The van der Waals surface area contributed by atoms with E-state index < -0.39 is 0 Å². The third-order valence-corrected chi connectivity index (χ3v) is 2.27. The molecule has 0 bridgehead atoms. The molecule has 0 fully saturated rings. The summed E-state index contributed by atoms with van der Waals surface area (Å²) in [6.07, 6.45) is 3.62. The first-order chi connectivity index (χ1) is 6.81. The molecule has 0 aliphatic heterocycles. The van der Waals surface area contributed by atoms with Gasteiger partial charge in [0.25, 0.3) is 0 Å². The first-order valence-electron chi connectivity index (χ1n) is 4.51. The van der Waals surface area contributed by atoms with Gasteiger partial charge in [0, 0.05) is 12.4 Å². The predicted molar refractivity (Wildman–Crippen MR) is 54.2 cm³/mol. The smallest absolute Gasteiger partial charge is 0.0685 e. The normalized spacial score (nSPS) is 10.4. The molecule has 0 saturated heterocycles. The zero-order valence-corrected chi connectivity index (χ0v) is 8.01. The van der Waals surface area contributed by atoms with Crippen LogP contribution in [0.1, 0.15) is 11.1 Å². The molecule has 1 N–H and O–H groups in total. The Morgan fingerprint density at radius 2 is 2.29 bits per heavy atom. The molecule has 0 amide bonds. The summed E-state index contributed by atoms with van der Waals surface area (Å²) < 4.78 is 1.78. The zero-order valence-electron chi connectivity index (χ0n) is 8.01. The van der Waals surface area contributed by atoms with E-state index >= 15 is 0 Å². The largest absolute Gasteiger partial charge is 0.392 e. The van der Waals surface area contributed by atoms with Crippen LogP contribution in [0.4, 0.5) is 0 Å². The van der Waals surface area contributed by atoms with Gasteiger partial charge in [-0.05, 0) is 36.2 Å². The average molecular weight is 188 g/mol. The summed E-state index contributed by atoms with van der Waals surface area (Å²) in [5.41, 5.74) is 3.02. The van der Waals surface area contributed by atoms with Gasteiger partial charge in [-0.2, -0.15) is 5.10 Å². The monoisotopic (exact) mass is 188 g/mol. The van der Waals surface area contributed by atoms with Gasteiger partial charge in [-0.3, -0.25) is 0 Å². The Morgan fingerprint density at radius 3 is 2.93 bits per heavy atom. The van der Waals surface area contributed by atoms with Crippen LogP contribution in [0, 0.1) is 6.92 Å². The lowest BCUT2D eigenvalue weighted by Gasteiger charge is -2.06. The number of rotatable bonds is 2. The highest BCUT2D eigenvalue weighted by Crippen LogP contribution is 2.13. The molecule has 2 rings (SSSR count). The first kappa shape index (κ1) is 8.97. The van der Waals surface area contributed by atoms with Crippen molar-refractivity contribution in [2.75, 3.05) is 0 Å². The fraction of sp³-hybridized carbons (Fsp3) is 0.182. The molecule has 3 nitrogen and oxygen atoms in total. The van der Waals surface area contributed by atoms with Gasteiger partial charge in [-0.25, -0.2) is 4.68 Å². The number of aromatic nitrogens is 2. The molecule has 3 heteroatoms. The lowest BCUT2D eigenvalue weighted by Crippen LogP contribution is -1.97. The molecule has 0 aliphatic carbocycles. The first-order valence-corrected chi connectivity index (χ1v) is 4.51. The number of nitrogens with zero attached hydrogens (tertiary/aromatic N) is 2. The Morgan fingerprint density at radius 1 is 1.43 bits per heavy atom. The SMILES string of the molecule is Cc1ccc(-n2cccn2)cc1CO. The zero-order chi connectivity index (χ0) is 9.97. The quantitative estimate of drug-likeness (QED) is 0.778. The Balaban J connectivity index is 2.46. The maximum atomic E-state index is 9.11. The fourth-order valence-corrected chi connectivity index (χ4v) is 1.39. The number of hydrogen-bond acceptors (Lipinski definition) is 2. The molecular formula is C11H12N2O. The van der Waals surface area contributed by atoms with Crippen molar-refractivity contribution in [1.82, 2.24) is 9.78 Å². The maximum absolute atomic E-state index is 9.11. The van der Waals surface area contributed by atoms with Crippen LogP contribution in [-0.2, 0) is 6.61 Å². The Hall–Kier alpha value is -1.61. The van der Waals surface area contributed by atoms with Crippen LogP contribution in [0.3, 0.4) is 0 Å². The van der Waals surface area contributed by atoms with Crippen molar-refractivity contribution in [3.05, 3.63) is 47.8 Å². The summed E-state index contributed by atoms with van der Waals surface area (Å²) in [7, 11) is 0. The second-order valence-corrected chi connectivity index (χ2v) is 3.22. The highest BCUT2D eigenvalue weighted by Gasteiger charge is 2.00. The minimum Gasteiger partial charge on any atom is -0.392 e.